The molecule has 15 N–H and O–H groups in total. The first-order valence-corrected chi connectivity index (χ1v) is 47.6. The van der Waals surface area contributed by atoms with E-state index in [0.29, 0.717) is 108 Å². The predicted octanol–water partition coefficient (Wildman–Crippen LogP) is 16.5. The smallest absolute Gasteiger partial charge is 0.407 e. The fraction of sp³-hybridized carbons (Fsp3) is 0.618. The number of aliphatic hydroxyl groups excluding tert-OH is 1. The zero-order chi connectivity index (χ0) is 100. The molecular formula is C102H158ClN13O18. The SMILES string of the molecule is C.CCCCc1ccc(-c2ccc(C(=O)CC(CCCCCC(=O)OC(C)(C)C)C(=O)N[C@@H](CCCCNC(=O)OC(C)(C)C)C(=O)C[C@@H](C)C(=O)N[C@@H](CC(C)C)C(=O)C[C@@H](C)C(O)C(N)=O)cc2)cc1.CCCCc1ccc(-c2ccc(C(=O)CC(CCCCN)C(=O)N[C@@H](CCCCN)C(=O)C[C@@H](C)C(=O)N[C@@H](CC(C)C)C(=O)C[C@@H](C)C(=O)C(N)=O)cc2)cc1.N=NN=NCl. The molecular weight excluding hydrogens is 1730 g/mol. The number of nitrogens with two attached hydrogens (primary N) is 4. The third-order valence-corrected chi connectivity index (χ3v) is 22.5. The quantitative estimate of drug-likeness (QED) is 0.00488. The van der Waals surface area contributed by atoms with Crippen LogP contribution in [0.1, 0.15) is 317 Å². The van der Waals surface area contributed by atoms with Gasteiger partial charge in [0.15, 0.2) is 34.7 Å². The van der Waals surface area contributed by atoms with Crippen LogP contribution in [0.25, 0.3) is 22.3 Å². The molecule has 134 heavy (non-hydrogen) atoms. The van der Waals surface area contributed by atoms with E-state index in [0.717, 1.165) is 60.8 Å². The number of nitrogens with zero attached hydrogens (tertiary/aromatic N) is 3. The molecule has 0 radical (unpaired) electrons. The third-order valence-electron chi connectivity index (χ3n) is 22.4. The molecule has 0 saturated heterocycles. The van der Waals surface area contributed by atoms with Gasteiger partial charge in [0.05, 0.1) is 35.9 Å². The molecule has 0 heterocycles. The molecule has 0 aliphatic heterocycles. The van der Waals surface area contributed by atoms with E-state index in [1.54, 1.807) is 79.7 Å². The third kappa shape index (κ3) is 50.2. The van der Waals surface area contributed by atoms with Gasteiger partial charge >= 0.3 is 12.1 Å². The van der Waals surface area contributed by atoms with Gasteiger partial charge in [-0.3, -0.25) is 67.1 Å². The van der Waals surface area contributed by atoms with E-state index in [1.807, 2.05) is 52.0 Å². The molecule has 0 aliphatic carbocycles. The number of hydrogen-bond donors (Lipinski definition) is 11. The van der Waals surface area contributed by atoms with Gasteiger partial charge in [0, 0.05) is 92.2 Å². The van der Waals surface area contributed by atoms with E-state index >= 15 is 0 Å². The second kappa shape index (κ2) is 65.2. The van der Waals surface area contributed by atoms with Crippen molar-refractivity contribution in [2.45, 2.75) is 339 Å². The van der Waals surface area contributed by atoms with Crippen LogP contribution >= 0.6 is 11.8 Å². The van der Waals surface area contributed by atoms with Crippen molar-refractivity contribution in [3.63, 3.8) is 0 Å². The van der Waals surface area contributed by atoms with E-state index in [2.05, 4.69) is 116 Å². The number of ether oxygens (including phenoxy) is 2. The van der Waals surface area contributed by atoms with Crippen LogP contribution in [0.3, 0.4) is 0 Å². The van der Waals surface area contributed by atoms with Crippen molar-refractivity contribution in [2.24, 2.45) is 85.4 Å². The second-order valence-corrected chi connectivity index (χ2v) is 37.9. The number of carbonyl (C=O) groups is 15. The number of Topliss-reactive ketones (excluding diaryl/α,β-unsaturated/α-hetero) is 7. The summed E-state index contributed by atoms with van der Waals surface area (Å²) in [5.41, 5.74) is 33.9. The van der Waals surface area contributed by atoms with Crippen LogP contribution in [0.2, 0.25) is 0 Å². The van der Waals surface area contributed by atoms with E-state index < -0.39 is 142 Å². The highest BCUT2D eigenvalue weighted by atomic mass is 35.5. The topological polar surface area (TPSA) is 520 Å². The van der Waals surface area contributed by atoms with Crippen molar-refractivity contribution in [1.82, 2.24) is 26.6 Å². The lowest BCUT2D eigenvalue weighted by atomic mass is 9.90. The Morgan fingerprint density at radius 1 is 0.440 bits per heavy atom. The molecule has 0 bridgehead atoms. The number of ketones is 7. The van der Waals surface area contributed by atoms with E-state index in [9.17, 15) is 77.0 Å². The van der Waals surface area contributed by atoms with Crippen molar-refractivity contribution < 1.29 is 86.5 Å². The number of aryl methyl sites for hydroxylation is 2. The number of alkyl carbamates (subject to hydrolysis) is 1. The summed E-state index contributed by atoms with van der Waals surface area (Å²) in [7, 11) is 0. The fourth-order valence-electron chi connectivity index (χ4n) is 14.8. The minimum Gasteiger partial charge on any atom is -0.460 e. The Morgan fingerprint density at radius 2 is 0.799 bits per heavy atom. The molecule has 11 atom stereocenters. The summed E-state index contributed by atoms with van der Waals surface area (Å²) in [4.78, 5) is 197. The number of halogens is 1. The monoisotopic (exact) mass is 1890 g/mol. The molecule has 0 saturated carbocycles. The van der Waals surface area contributed by atoms with Crippen LogP contribution in [0.5, 0.6) is 0 Å². The largest absolute Gasteiger partial charge is 0.460 e. The lowest BCUT2D eigenvalue weighted by Crippen LogP contribution is -2.47. The summed E-state index contributed by atoms with van der Waals surface area (Å²) in [6, 6.07) is 27.7. The second-order valence-electron chi connectivity index (χ2n) is 37.8. The van der Waals surface area contributed by atoms with Crippen molar-refractivity contribution in [3.05, 3.63) is 119 Å². The van der Waals surface area contributed by atoms with Gasteiger partial charge in [-0.05, 0) is 219 Å². The maximum Gasteiger partial charge on any atom is 0.407 e. The lowest BCUT2D eigenvalue weighted by molar-refractivity contribution is -0.155. The maximum absolute atomic E-state index is 14.4. The molecule has 32 heteroatoms. The van der Waals surface area contributed by atoms with Crippen LogP contribution in [0, 0.1) is 52.9 Å². The molecule has 0 aliphatic rings. The van der Waals surface area contributed by atoms with Crippen LogP contribution < -0.4 is 49.5 Å². The molecule has 31 nitrogen and oxygen atoms in total. The zero-order valence-electron chi connectivity index (χ0n) is 81.6. The zero-order valence-corrected chi connectivity index (χ0v) is 82.3. The first-order valence-electron chi connectivity index (χ1n) is 47.3. The summed E-state index contributed by atoms with van der Waals surface area (Å²) in [5, 5.41) is 29.3. The first-order chi connectivity index (χ1) is 62.7. The number of carbonyl (C=O) groups excluding carboxylic acids is 15. The number of esters is 1. The molecule has 0 spiro atoms. The Labute approximate surface area is 800 Å². The van der Waals surface area contributed by atoms with Crippen molar-refractivity contribution in [1.29, 1.82) is 5.53 Å². The van der Waals surface area contributed by atoms with Crippen LogP contribution in [-0.4, -0.2) is 154 Å². The minimum atomic E-state index is -1.54. The number of unbranched alkanes of at least 4 members (excludes halogenated alkanes) is 7. The molecule has 746 valence electrons. The molecule has 0 aromatic heterocycles. The highest BCUT2D eigenvalue weighted by molar-refractivity contribution is 6.36. The summed E-state index contributed by atoms with van der Waals surface area (Å²) in [5.74, 6) is -12.3. The Kier molecular flexibility index (Phi) is 59.2. The average molecular weight is 1890 g/mol. The van der Waals surface area contributed by atoms with Gasteiger partial charge < -0.3 is 64.1 Å². The van der Waals surface area contributed by atoms with E-state index in [-0.39, 0.29) is 107 Å². The normalized spacial score (nSPS) is 13.8. The van der Waals surface area contributed by atoms with Crippen molar-refractivity contribution in [2.75, 3.05) is 19.6 Å². The number of hydrogen-bond acceptors (Lipinski definition) is 22. The fourth-order valence-corrected chi connectivity index (χ4v) is 14.8. The van der Waals surface area contributed by atoms with Gasteiger partial charge in [0.1, 0.15) is 17.3 Å². The molecule has 7 amide bonds. The highest BCUT2D eigenvalue weighted by Crippen LogP contribution is 2.29. The van der Waals surface area contributed by atoms with Gasteiger partial charge in [-0.1, -0.05) is 210 Å². The number of nitrogens with one attached hydrogen (secondary N) is 6. The van der Waals surface area contributed by atoms with Crippen molar-refractivity contribution in [3.8, 4) is 22.3 Å². The van der Waals surface area contributed by atoms with Crippen LogP contribution in [0.15, 0.2) is 112 Å². The Morgan fingerprint density at radius 3 is 1.15 bits per heavy atom. The standard InChI is InChI=1S/C56H86N4O11.C45H67N5O7.CH4.ClHN4/c1-12-13-19-39-23-25-40(26-24-39)41-27-29-42(30-28-41)46(61)35-43(20-15-14-16-22-49(64)70-55(6,7)8)53(68)59-44(21-17-18-31-58-54(69)71-56(9,10)11)47(62)34-38(5)52(67)60-45(32-36(2)3)48(63)33-37(4)50(65)51(57)66;1-6-7-12-32-15-17-33(18-16-32)34-19-21-35(22-20-34)39(51)28-36(13-8-10-23-46)45(57)49-37(14-9-11-24-47)40(52)27-31(5)44(56)50-38(25-29(2)3)41(53)26-30(4)42(54)43(48)55;;1-3-5-4-2/h23-30,36-38,43-45,50,65H,12-22,31-35H2,1-11H3,(H2,57,66)(H,58,69)(H,59,68)(H,60,67);15-22,29-31,36-38H,6-14,23-28,46-47H2,1-5H3,(H2,48,55)(H,49,57)(H,50,56);1H4;2H/t37-,38-,43?,44+,45+,50?;30-,31-,36?,37+,38+;;/m11../s1. The summed E-state index contributed by atoms with van der Waals surface area (Å²) in [6.07, 6.45) is 10.2. The molecule has 3 unspecified atom stereocenters. The average Bonchev–Trinajstić information content (AvgIpc) is 0.832. The lowest BCUT2D eigenvalue weighted by Gasteiger charge is -2.25. The predicted molar refractivity (Wildman–Crippen MR) is 522 cm³/mol. The number of aliphatic hydroxyl groups is 1. The van der Waals surface area contributed by atoms with Crippen molar-refractivity contribution >= 4 is 99.8 Å². The van der Waals surface area contributed by atoms with Crippen LogP contribution in [0.4, 0.5) is 4.79 Å². The summed E-state index contributed by atoms with van der Waals surface area (Å²) in [6.45, 7) is 29.7. The first kappa shape index (κ1) is 122. The number of rotatable bonds is 62. The Hall–Kier alpha value is -10.5. The number of benzene rings is 4. The van der Waals surface area contributed by atoms with E-state index in [4.69, 9.17) is 37.9 Å². The Balaban J connectivity index is 0.00000129. The van der Waals surface area contributed by atoms with Gasteiger partial charge in [0.2, 0.25) is 35.3 Å². The Bertz CT molecular complexity index is 4360. The van der Waals surface area contributed by atoms with E-state index in [1.165, 1.54) is 25.0 Å². The summed E-state index contributed by atoms with van der Waals surface area (Å²) >= 11 is 4.55. The van der Waals surface area contributed by atoms with Gasteiger partial charge in [-0.25, -0.2) is 4.79 Å². The van der Waals surface area contributed by atoms with Gasteiger partial charge in [-0.2, -0.15) is 5.53 Å². The number of primary amides is 2. The number of amides is 7. The highest BCUT2D eigenvalue weighted by Gasteiger charge is 2.36. The molecule has 4 aromatic rings. The van der Waals surface area contributed by atoms with Crippen LogP contribution in [-0.2, 0) is 79.8 Å². The van der Waals surface area contributed by atoms with Gasteiger partial charge in [0.25, 0.3) is 5.91 Å². The van der Waals surface area contributed by atoms with Gasteiger partial charge in [-0.15, -0.1) is 0 Å². The molecule has 4 aromatic carbocycles. The minimum absolute atomic E-state index is 0. The summed E-state index contributed by atoms with van der Waals surface area (Å²) < 4.78 is 13.4. The molecule has 4 rings (SSSR count). The maximum atomic E-state index is 14.4. The molecule has 0 fully saturated rings.